The number of nitrogens with one attached hydrogen (secondary N) is 2. The highest BCUT2D eigenvalue weighted by molar-refractivity contribution is 7.80. The van der Waals surface area contributed by atoms with Gasteiger partial charge in [0.05, 0.1) is 7.11 Å². The van der Waals surface area contributed by atoms with E-state index < -0.39 is 0 Å². The van der Waals surface area contributed by atoms with Crippen LogP contribution in [0.3, 0.4) is 0 Å². The number of hydrogen-bond acceptors (Lipinski definition) is 4. The lowest BCUT2D eigenvalue weighted by atomic mass is 10.2. The topological polar surface area (TPSA) is 62.7 Å². The summed E-state index contributed by atoms with van der Waals surface area (Å²) in [4.78, 5) is 10.9. The molecular formula is C15H27N3O2S. The zero-order valence-corrected chi connectivity index (χ0v) is 13.8. The number of hydrazone groups is 1. The third kappa shape index (κ3) is 9.39. The summed E-state index contributed by atoms with van der Waals surface area (Å²) in [7, 11) is 1.42. The van der Waals surface area contributed by atoms with Crippen LogP contribution < -0.4 is 10.7 Å². The highest BCUT2D eigenvalue weighted by atomic mass is 32.1. The Kier molecular flexibility index (Phi) is 9.78. The van der Waals surface area contributed by atoms with Crippen LogP contribution in [0.2, 0.25) is 0 Å². The third-order valence-electron chi connectivity index (χ3n) is 3.57. The number of carbonyl (C=O) groups excluding carboxylic acids is 1. The summed E-state index contributed by atoms with van der Waals surface area (Å²) >= 11 is 5.19. The van der Waals surface area contributed by atoms with Gasteiger partial charge in [0, 0.05) is 18.7 Å². The maximum atomic E-state index is 10.9. The second kappa shape index (κ2) is 11.5. The second-order valence-corrected chi connectivity index (χ2v) is 5.75. The van der Waals surface area contributed by atoms with Crippen LogP contribution >= 0.6 is 12.2 Å². The fourth-order valence-corrected chi connectivity index (χ4v) is 2.44. The Labute approximate surface area is 132 Å². The van der Waals surface area contributed by atoms with Gasteiger partial charge < -0.3 is 10.1 Å². The second-order valence-electron chi connectivity index (χ2n) is 5.35. The molecule has 21 heavy (non-hydrogen) atoms. The number of nitrogens with zero attached hydrogens (tertiary/aromatic N) is 1. The van der Waals surface area contributed by atoms with Crippen molar-refractivity contribution in [1.29, 1.82) is 0 Å². The zero-order chi connectivity index (χ0) is 15.3. The van der Waals surface area contributed by atoms with Crippen LogP contribution in [-0.4, -0.2) is 30.4 Å². The highest BCUT2D eigenvalue weighted by Gasteiger charge is 2.05. The molecule has 0 amide bonds. The molecule has 120 valence electrons. The number of rotatable bonds is 7. The van der Waals surface area contributed by atoms with E-state index in [1.807, 2.05) is 0 Å². The van der Waals surface area contributed by atoms with Crippen LogP contribution in [0.1, 0.15) is 64.2 Å². The van der Waals surface area contributed by atoms with Gasteiger partial charge >= 0.3 is 5.97 Å². The Morgan fingerprint density at radius 2 is 1.90 bits per heavy atom. The fraction of sp³-hybridized carbons (Fsp3) is 0.800. The fourth-order valence-electron chi connectivity index (χ4n) is 2.29. The quantitative estimate of drug-likeness (QED) is 0.249. The molecule has 1 aliphatic carbocycles. The summed E-state index contributed by atoms with van der Waals surface area (Å²) in [5, 5.41) is 8.11. The molecule has 1 aliphatic rings. The van der Waals surface area contributed by atoms with Crippen LogP contribution in [-0.2, 0) is 9.53 Å². The maximum Gasteiger partial charge on any atom is 0.305 e. The molecule has 0 radical (unpaired) electrons. The normalized spacial score (nSPS) is 15.0. The van der Waals surface area contributed by atoms with Crippen molar-refractivity contribution in [3.05, 3.63) is 0 Å². The average Bonchev–Trinajstić information content (AvgIpc) is 2.77. The van der Waals surface area contributed by atoms with E-state index in [4.69, 9.17) is 12.2 Å². The molecule has 0 atom stereocenters. The van der Waals surface area contributed by atoms with E-state index in [9.17, 15) is 4.79 Å². The largest absolute Gasteiger partial charge is 0.469 e. The molecule has 0 spiro atoms. The van der Waals surface area contributed by atoms with Gasteiger partial charge in [0.15, 0.2) is 5.11 Å². The molecule has 0 heterocycles. The van der Waals surface area contributed by atoms with Gasteiger partial charge in [-0.2, -0.15) is 5.10 Å². The Hall–Kier alpha value is -1.17. The number of carbonyl (C=O) groups is 1. The van der Waals surface area contributed by atoms with Gasteiger partial charge in [0.1, 0.15) is 0 Å². The summed E-state index contributed by atoms with van der Waals surface area (Å²) in [6.07, 6.45) is 10.6. The molecule has 0 bridgehead atoms. The first-order valence-corrected chi connectivity index (χ1v) is 8.29. The molecule has 1 fully saturated rings. The predicted octanol–water partition coefficient (Wildman–Crippen LogP) is 2.89. The van der Waals surface area contributed by atoms with Gasteiger partial charge in [-0.05, 0) is 50.7 Å². The molecule has 0 aromatic heterocycles. The lowest BCUT2D eigenvalue weighted by molar-refractivity contribution is -0.140. The molecule has 0 saturated heterocycles. The number of hydrogen-bond donors (Lipinski definition) is 2. The summed E-state index contributed by atoms with van der Waals surface area (Å²) in [5.41, 5.74) is 4.16. The minimum absolute atomic E-state index is 0.139. The molecule has 1 rings (SSSR count). The van der Waals surface area contributed by atoms with Crippen molar-refractivity contribution in [2.45, 2.75) is 64.2 Å². The van der Waals surface area contributed by atoms with Gasteiger partial charge in [-0.15, -0.1) is 0 Å². The minimum atomic E-state index is -0.139. The Balaban J connectivity index is 2.03. The van der Waals surface area contributed by atoms with Crippen molar-refractivity contribution < 1.29 is 9.53 Å². The van der Waals surface area contributed by atoms with E-state index >= 15 is 0 Å². The average molecular weight is 313 g/mol. The Morgan fingerprint density at radius 1 is 1.19 bits per heavy atom. The molecule has 0 aromatic carbocycles. The molecule has 1 saturated carbocycles. The van der Waals surface area contributed by atoms with Crippen molar-refractivity contribution in [3.8, 4) is 0 Å². The number of ether oxygens (including phenoxy) is 1. The minimum Gasteiger partial charge on any atom is -0.469 e. The van der Waals surface area contributed by atoms with E-state index in [1.165, 1.54) is 38.5 Å². The molecule has 0 unspecified atom stereocenters. The molecule has 6 heteroatoms. The van der Waals surface area contributed by atoms with Crippen LogP contribution in [0.4, 0.5) is 0 Å². The van der Waals surface area contributed by atoms with Crippen molar-refractivity contribution in [2.75, 3.05) is 13.7 Å². The van der Waals surface area contributed by atoms with Gasteiger partial charge in [0.25, 0.3) is 0 Å². The lowest BCUT2D eigenvalue weighted by Crippen LogP contribution is -2.33. The smallest absolute Gasteiger partial charge is 0.305 e. The van der Waals surface area contributed by atoms with Gasteiger partial charge in [-0.3, -0.25) is 10.2 Å². The van der Waals surface area contributed by atoms with Crippen LogP contribution in [0.25, 0.3) is 0 Å². The standard InChI is InChI=1S/C15H27N3O2S/c1-20-14(19)11-7-4-8-12-16-15(21)18-17-13-9-5-2-3-6-10-13/h2-12H2,1H3,(H2,16,18,21). The van der Waals surface area contributed by atoms with E-state index in [2.05, 4.69) is 20.6 Å². The predicted molar refractivity (Wildman–Crippen MR) is 89.4 cm³/mol. The summed E-state index contributed by atoms with van der Waals surface area (Å²) in [5.74, 6) is -0.139. The highest BCUT2D eigenvalue weighted by Crippen LogP contribution is 2.14. The monoisotopic (exact) mass is 313 g/mol. The number of unbranched alkanes of at least 4 members (excludes halogenated alkanes) is 2. The van der Waals surface area contributed by atoms with Crippen LogP contribution in [0.15, 0.2) is 5.10 Å². The van der Waals surface area contributed by atoms with E-state index in [0.717, 1.165) is 38.6 Å². The van der Waals surface area contributed by atoms with Crippen molar-refractivity contribution in [3.63, 3.8) is 0 Å². The molecule has 0 aliphatic heterocycles. The number of thiocarbonyl (C=S) groups is 1. The number of esters is 1. The van der Waals surface area contributed by atoms with Crippen molar-refractivity contribution >= 4 is 29.0 Å². The third-order valence-corrected chi connectivity index (χ3v) is 3.80. The Bertz CT molecular complexity index is 349. The first kappa shape index (κ1) is 17.9. The first-order chi connectivity index (χ1) is 10.2. The van der Waals surface area contributed by atoms with E-state index in [1.54, 1.807) is 0 Å². The van der Waals surface area contributed by atoms with E-state index in [0.29, 0.717) is 11.5 Å². The van der Waals surface area contributed by atoms with Crippen LogP contribution in [0, 0.1) is 0 Å². The maximum absolute atomic E-state index is 10.9. The van der Waals surface area contributed by atoms with Gasteiger partial charge in [0.2, 0.25) is 0 Å². The summed E-state index contributed by atoms with van der Waals surface area (Å²) < 4.78 is 4.59. The summed E-state index contributed by atoms with van der Waals surface area (Å²) in [6, 6.07) is 0. The molecular weight excluding hydrogens is 286 g/mol. The van der Waals surface area contributed by atoms with Gasteiger partial charge in [-0.1, -0.05) is 19.3 Å². The number of methoxy groups -OCH3 is 1. The van der Waals surface area contributed by atoms with E-state index in [-0.39, 0.29) is 5.97 Å². The molecule has 2 N–H and O–H groups in total. The van der Waals surface area contributed by atoms with Gasteiger partial charge in [-0.25, -0.2) is 0 Å². The van der Waals surface area contributed by atoms with Crippen LogP contribution in [0.5, 0.6) is 0 Å². The van der Waals surface area contributed by atoms with Crippen molar-refractivity contribution in [1.82, 2.24) is 10.7 Å². The summed E-state index contributed by atoms with van der Waals surface area (Å²) in [6.45, 7) is 0.803. The molecule has 0 aromatic rings. The lowest BCUT2D eigenvalue weighted by Gasteiger charge is -2.08. The first-order valence-electron chi connectivity index (χ1n) is 7.88. The Morgan fingerprint density at radius 3 is 2.57 bits per heavy atom. The zero-order valence-electron chi connectivity index (χ0n) is 13.0. The molecule has 5 nitrogen and oxygen atoms in total. The van der Waals surface area contributed by atoms with Crippen molar-refractivity contribution in [2.24, 2.45) is 5.10 Å². The SMILES string of the molecule is COC(=O)CCCCCNC(=S)NN=C1CCCCCC1.